The Labute approximate surface area is 131 Å². The number of fused-ring (bicyclic) bond motifs is 1. The van der Waals surface area contributed by atoms with Gasteiger partial charge in [0.2, 0.25) is 0 Å². The minimum Gasteiger partial charge on any atom is -0.391 e. The third-order valence-corrected chi connectivity index (χ3v) is 3.90. The fourth-order valence-electron chi connectivity index (χ4n) is 2.44. The Kier molecular flexibility index (Phi) is 4.39. The topological polar surface area (TPSA) is 68.9 Å². The lowest BCUT2D eigenvalue weighted by Crippen LogP contribution is -2.33. The summed E-state index contributed by atoms with van der Waals surface area (Å²) in [5, 5.41) is 23.8. The first-order valence-corrected chi connectivity index (χ1v) is 7.46. The lowest BCUT2D eigenvalue weighted by Gasteiger charge is -2.26. The highest BCUT2D eigenvalue weighted by Crippen LogP contribution is 2.29. The summed E-state index contributed by atoms with van der Waals surface area (Å²) in [6.07, 6.45) is 1.09. The van der Waals surface area contributed by atoms with Gasteiger partial charge in [0.1, 0.15) is 6.07 Å². The quantitative estimate of drug-likeness (QED) is 0.909. The molecule has 1 unspecified atom stereocenters. The van der Waals surface area contributed by atoms with Crippen molar-refractivity contribution in [3.8, 4) is 6.07 Å². The molecule has 22 heavy (non-hydrogen) atoms. The van der Waals surface area contributed by atoms with Gasteiger partial charge in [0, 0.05) is 18.1 Å². The molecule has 116 valence electrons. The molecule has 2 rings (SSSR count). The van der Waals surface area contributed by atoms with Crippen molar-refractivity contribution in [3.05, 3.63) is 35.0 Å². The van der Waals surface area contributed by atoms with Crippen molar-refractivity contribution in [1.29, 1.82) is 5.26 Å². The second-order valence-corrected chi connectivity index (χ2v) is 6.90. The van der Waals surface area contributed by atoms with Gasteiger partial charge in [-0.2, -0.15) is 5.26 Å². The van der Waals surface area contributed by atoms with E-state index in [0.29, 0.717) is 12.1 Å². The second kappa shape index (κ2) is 5.94. The van der Waals surface area contributed by atoms with E-state index in [4.69, 9.17) is 0 Å². The van der Waals surface area contributed by atoms with Crippen LogP contribution >= 0.6 is 0 Å². The van der Waals surface area contributed by atoms with E-state index in [0.717, 1.165) is 27.7 Å². The molecule has 4 heteroatoms. The van der Waals surface area contributed by atoms with Gasteiger partial charge in [-0.25, -0.2) is 0 Å². The molecule has 0 bridgehead atoms. The van der Waals surface area contributed by atoms with Gasteiger partial charge in [-0.3, -0.25) is 4.98 Å². The summed E-state index contributed by atoms with van der Waals surface area (Å²) in [4.78, 5) is 4.40. The number of nitrogens with one attached hydrogen (secondary N) is 1. The number of nitrogens with zero attached hydrogens (tertiary/aromatic N) is 2. The average molecular weight is 297 g/mol. The Hall–Kier alpha value is -2.12. The zero-order valence-electron chi connectivity index (χ0n) is 13.9. The monoisotopic (exact) mass is 297 g/mol. The van der Waals surface area contributed by atoms with Crippen LogP contribution in [0, 0.1) is 30.6 Å². The largest absolute Gasteiger partial charge is 0.391 e. The molecular formula is C18H23N3O. The van der Waals surface area contributed by atoms with Gasteiger partial charge in [-0.05, 0) is 30.9 Å². The van der Waals surface area contributed by atoms with Crippen LogP contribution in [0.3, 0.4) is 0 Å². The van der Waals surface area contributed by atoms with Crippen LogP contribution in [-0.4, -0.2) is 22.7 Å². The standard InChI is InChI=1S/C18H23N3O/c1-11-6-12(2)16-14(7-11)17(13(8-19)9-20-16)21-10-15(22)18(3,4)5/h6-7,9,15,22H,10H2,1-5H3,(H,20,21). The molecule has 0 spiro atoms. The number of aliphatic hydroxyl groups is 1. The van der Waals surface area contributed by atoms with Crippen molar-refractivity contribution in [1.82, 2.24) is 4.98 Å². The normalized spacial score (nSPS) is 13.0. The van der Waals surface area contributed by atoms with Crippen LogP contribution in [-0.2, 0) is 0 Å². The van der Waals surface area contributed by atoms with Crippen molar-refractivity contribution >= 4 is 16.6 Å². The summed E-state index contributed by atoms with van der Waals surface area (Å²) in [7, 11) is 0. The Morgan fingerprint density at radius 1 is 1.32 bits per heavy atom. The molecule has 2 aromatic rings. The summed E-state index contributed by atoms with van der Waals surface area (Å²) in [6, 6.07) is 6.29. The van der Waals surface area contributed by atoms with E-state index in [1.54, 1.807) is 6.20 Å². The molecule has 1 aromatic heterocycles. The van der Waals surface area contributed by atoms with Crippen molar-refractivity contribution in [2.45, 2.75) is 40.7 Å². The summed E-state index contributed by atoms with van der Waals surface area (Å²) >= 11 is 0. The Bertz CT molecular complexity index is 739. The fourth-order valence-corrected chi connectivity index (χ4v) is 2.44. The smallest absolute Gasteiger partial charge is 0.103 e. The number of anilines is 1. The molecule has 0 saturated heterocycles. The first-order chi connectivity index (χ1) is 10.2. The molecule has 0 aliphatic carbocycles. The highest BCUT2D eigenvalue weighted by molar-refractivity contribution is 5.96. The van der Waals surface area contributed by atoms with Gasteiger partial charge in [0.15, 0.2) is 0 Å². The summed E-state index contributed by atoms with van der Waals surface area (Å²) in [5.74, 6) is 0. The number of aromatic nitrogens is 1. The number of nitriles is 1. The molecular weight excluding hydrogens is 274 g/mol. The SMILES string of the molecule is Cc1cc(C)c2ncc(C#N)c(NCC(O)C(C)(C)C)c2c1. The minimum absolute atomic E-state index is 0.214. The van der Waals surface area contributed by atoms with Crippen LogP contribution in [0.15, 0.2) is 18.3 Å². The van der Waals surface area contributed by atoms with E-state index in [-0.39, 0.29) is 5.41 Å². The third-order valence-electron chi connectivity index (χ3n) is 3.90. The number of pyridine rings is 1. The van der Waals surface area contributed by atoms with Crippen LogP contribution < -0.4 is 5.32 Å². The summed E-state index contributed by atoms with van der Waals surface area (Å²) in [5.41, 5.74) is 4.13. The van der Waals surface area contributed by atoms with Crippen LogP contribution in [0.5, 0.6) is 0 Å². The second-order valence-electron chi connectivity index (χ2n) is 6.90. The number of rotatable bonds is 3. The average Bonchev–Trinajstić information content (AvgIpc) is 2.43. The lowest BCUT2D eigenvalue weighted by molar-refractivity contribution is 0.0746. The zero-order chi connectivity index (χ0) is 16.5. The lowest BCUT2D eigenvalue weighted by atomic mass is 9.89. The van der Waals surface area contributed by atoms with E-state index in [1.807, 2.05) is 40.7 Å². The van der Waals surface area contributed by atoms with Gasteiger partial charge in [0.05, 0.1) is 22.9 Å². The third kappa shape index (κ3) is 3.20. The fraction of sp³-hybridized carbons (Fsp3) is 0.444. The van der Waals surface area contributed by atoms with Gasteiger partial charge in [0.25, 0.3) is 0 Å². The maximum absolute atomic E-state index is 10.2. The van der Waals surface area contributed by atoms with Gasteiger partial charge < -0.3 is 10.4 Å². The highest BCUT2D eigenvalue weighted by Gasteiger charge is 2.22. The molecule has 0 fully saturated rings. The highest BCUT2D eigenvalue weighted by atomic mass is 16.3. The minimum atomic E-state index is -0.506. The van der Waals surface area contributed by atoms with E-state index < -0.39 is 6.10 Å². The van der Waals surface area contributed by atoms with Gasteiger partial charge >= 0.3 is 0 Å². The Morgan fingerprint density at radius 3 is 2.59 bits per heavy atom. The van der Waals surface area contributed by atoms with Crippen LogP contribution in [0.1, 0.15) is 37.5 Å². The molecule has 2 N–H and O–H groups in total. The predicted octanol–water partition coefficient (Wildman–Crippen LogP) is 3.54. The molecule has 0 amide bonds. The van der Waals surface area contributed by atoms with Crippen LogP contribution in [0.4, 0.5) is 5.69 Å². The number of aryl methyl sites for hydroxylation is 2. The maximum Gasteiger partial charge on any atom is 0.103 e. The molecule has 0 aliphatic heterocycles. The van der Waals surface area contributed by atoms with Crippen molar-refractivity contribution in [2.24, 2.45) is 5.41 Å². The van der Waals surface area contributed by atoms with E-state index >= 15 is 0 Å². The van der Waals surface area contributed by atoms with Crippen LogP contribution in [0.25, 0.3) is 10.9 Å². The predicted molar refractivity (Wildman–Crippen MR) is 89.9 cm³/mol. The molecule has 0 aliphatic rings. The number of hydrogen-bond acceptors (Lipinski definition) is 4. The number of benzene rings is 1. The Balaban J connectivity index is 2.49. The summed E-state index contributed by atoms with van der Waals surface area (Å²) < 4.78 is 0. The Morgan fingerprint density at radius 2 is 2.00 bits per heavy atom. The molecule has 1 heterocycles. The number of hydrogen-bond donors (Lipinski definition) is 2. The zero-order valence-corrected chi connectivity index (χ0v) is 13.9. The van der Waals surface area contributed by atoms with E-state index in [1.165, 1.54) is 0 Å². The molecule has 1 atom stereocenters. The van der Waals surface area contributed by atoms with E-state index in [9.17, 15) is 10.4 Å². The summed E-state index contributed by atoms with van der Waals surface area (Å²) in [6.45, 7) is 10.4. The molecule has 1 aromatic carbocycles. The molecule has 4 nitrogen and oxygen atoms in total. The number of aliphatic hydroxyl groups excluding tert-OH is 1. The van der Waals surface area contributed by atoms with Crippen molar-refractivity contribution in [2.75, 3.05) is 11.9 Å². The first-order valence-electron chi connectivity index (χ1n) is 7.46. The van der Waals surface area contributed by atoms with Crippen molar-refractivity contribution < 1.29 is 5.11 Å². The maximum atomic E-state index is 10.2. The van der Waals surface area contributed by atoms with Crippen LogP contribution in [0.2, 0.25) is 0 Å². The first kappa shape index (κ1) is 16.3. The van der Waals surface area contributed by atoms with Gasteiger partial charge in [-0.1, -0.05) is 32.4 Å². The van der Waals surface area contributed by atoms with E-state index in [2.05, 4.69) is 22.4 Å². The van der Waals surface area contributed by atoms with Crippen molar-refractivity contribution in [3.63, 3.8) is 0 Å². The molecule has 0 radical (unpaired) electrons. The van der Waals surface area contributed by atoms with Gasteiger partial charge in [-0.15, -0.1) is 0 Å². The molecule has 0 saturated carbocycles.